The number of ether oxygens (including phenoxy) is 1. The molecule has 7 nitrogen and oxygen atoms in total. The minimum absolute atomic E-state index is 0.278. The van der Waals surface area contributed by atoms with E-state index in [4.69, 9.17) is 9.84 Å². The third kappa shape index (κ3) is 9.34. The Kier molecular flexibility index (Phi) is 6.04. The minimum Gasteiger partial charge on any atom is -0.550 e. The topological polar surface area (TPSA) is 104 Å². The Morgan fingerprint density at radius 1 is 1.28 bits per heavy atom. The number of likely N-dealkylation sites (N-methyl/N-ethyl adjacent to an activating group) is 1. The lowest BCUT2D eigenvalue weighted by Gasteiger charge is -2.28. The Morgan fingerprint density at radius 3 is 2.22 bits per heavy atom. The molecule has 0 saturated carbocycles. The first kappa shape index (κ1) is 16.1. The van der Waals surface area contributed by atoms with Gasteiger partial charge in [-0.1, -0.05) is 0 Å². The summed E-state index contributed by atoms with van der Waals surface area (Å²) in [5.41, 5.74) is 0. The Bertz CT molecular complexity index is 355. The van der Waals surface area contributed by atoms with E-state index in [0.29, 0.717) is 10.6 Å². The number of carbonyl (C=O) groups is 3. The maximum Gasteiger partial charge on any atom is 0.331 e. The molecule has 0 aliphatic heterocycles. The van der Waals surface area contributed by atoms with Gasteiger partial charge >= 0.3 is 11.9 Å². The molecule has 1 atom stereocenters. The number of nitrogens with zero attached hydrogens (tertiary/aromatic N) is 1. The van der Waals surface area contributed by atoms with E-state index in [1.54, 1.807) is 0 Å². The lowest BCUT2D eigenvalue weighted by molar-refractivity contribution is -0.873. The maximum absolute atomic E-state index is 11.2. The molecule has 1 N–H and O–H groups in total. The first-order valence-electron chi connectivity index (χ1n) is 5.22. The number of hydrogen-bond acceptors (Lipinski definition) is 5. The standard InChI is InChI=1S/C11H17NO6/c1-12(2,3)7-8(6-10(15)16)18-11(17)5-4-9(13)14/h4-5,8H,6-7H2,1-3H3,(H-,13,14,15,16)/b5-4+/t8-/m0/s1. The quantitative estimate of drug-likeness (QED) is 0.335. The molecule has 18 heavy (non-hydrogen) atoms. The zero-order chi connectivity index (χ0) is 14.3. The highest BCUT2D eigenvalue weighted by Gasteiger charge is 2.21. The molecule has 7 heteroatoms. The number of carbonyl (C=O) groups excluding carboxylic acids is 2. The van der Waals surface area contributed by atoms with Crippen LogP contribution in [-0.4, -0.2) is 61.3 Å². The second kappa shape index (κ2) is 6.75. The lowest BCUT2D eigenvalue weighted by Crippen LogP contribution is -2.45. The summed E-state index contributed by atoms with van der Waals surface area (Å²) in [7, 11) is 5.43. The lowest BCUT2D eigenvalue weighted by atomic mass is 10.2. The van der Waals surface area contributed by atoms with Crippen LogP contribution in [0.3, 0.4) is 0 Å². The molecule has 0 fully saturated rings. The van der Waals surface area contributed by atoms with Crippen LogP contribution in [0, 0.1) is 0 Å². The predicted octanol–water partition coefficient (Wildman–Crippen LogP) is -1.61. The molecule has 0 bridgehead atoms. The van der Waals surface area contributed by atoms with Crippen LogP contribution in [0.25, 0.3) is 0 Å². The van der Waals surface area contributed by atoms with Gasteiger partial charge in [0.1, 0.15) is 6.54 Å². The highest BCUT2D eigenvalue weighted by atomic mass is 16.5. The monoisotopic (exact) mass is 259 g/mol. The molecule has 0 aromatic rings. The predicted molar refractivity (Wildman–Crippen MR) is 59.2 cm³/mol. The van der Waals surface area contributed by atoms with Gasteiger partial charge in [-0.2, -0.15) is 0 Å². The smallest absolute Gasteiger partial charge is 0.331 e. The van der Waals surface area contributed by atoms with E-state index in [0.717, 1.165) is 6.08 Å². The van der Waals surface area contributed by atoms with Crippen molar-refractivity contribution in [2.24, 2.45) is 0 Å². The first-order chi connectivity index (χ1) is 8.10. The number of esters is 1. The van der Waals surface area contributed by atoms with Crippen LogP contribution in [0.5, 0.6) is 0 Å². The van der Waals surface area contributed by atoms with Crippen LogP contribution in [0.1, 0.15) is 6.42 Å². The van der Waals surface area contributed by atoms with Gasteiger partial charge in [-0.15, -0.1) is 0 Å². The molecule has 0 heterocycles. The summed E-state index contributed by atoms with van der Waals surface area (Å²) in [6.07, 6.45) is 0.0771. The Balaban J connectivity index is 4.54. The van der Waals surface area contributed by atoms with E-state index in [1.807, 2.05) is 21.1 Å². The fourth-order valence-corrected chi connectivity index (χ4v) is 1.28. The highest BCUT2D eigenvalue weighted by molar-refractivity contribution is 5.90. The zero-order valence-electron chi connectivity index (χ0n) is 10.6. The average Bonchev–Trinajstić information content (AvgIpc) is 2.10. The van der Waals surface area contributed by atoms with Gasteiger partial charge in [-0.05, 0) is 0 Å². The van der Waals surface area contributed by atoms with E-state index in [-0.39, 0.29) is 6.54 Å². The normalized spacial score (nSPS) is 13.3. The fourth-order valence-electron chi connectivity index (χ4n) is 1.28. The van der Waals surface area contributed by atoms with Gasteiger partial charge in [-0.3, -0.25) is 0 Å². The Labute approximate surface area is 105 Å². The molecule has 0 aliphatic carbocycles. The van der Waals surface area contributed by atoms with Crippen molar-refractivity contribution < 1.29 is 33.8 Å². The van der Waals surface area contributed by atoms with Crippen LogP contribution in [0.4, 0.5) is 0 Å². The summed E-state index contributed by atoms with van der Waals surface area (Å²) in [6.45, 7) is 0.278. The third-order valence-corrected chi connectivity index (χ3v) is 1.79. The molecule has 102 valence electrons. The molecule has 0 radical (unpaired) electrons. The van der Waals surface area contributed by atoms with Gasteiger partial charge in [0.2, 0.25) is 0 Å². The minimum atomic E-state index is -1.33. The van der Waals surface area contributed by atoms with Crippen LogP contribution < -0.4 is 5.11 Å². The molecule has 0 unspecified atom stereocenters. The second-order valence-electron chi connectivity index (χ2n) is 4.78. The molecule has 0 aromatic carbocycles. The van der Waals surface area contributed by atoms with Gasteiger partial charge in [0.05, 0.1) is 21.1 Å². The van der Waals surface area contributed by atoms with Crippen LogP contribution in [0.15, 0.2) is 12.2 Å². The second-order valence-corrected chi connectivity index (χ2v) is 4.78. The van der Waals surface area contributed by atoms with Crippen LogP contribution in [0.2, 0.25) is 0 Å². The molecule has 0 aliphatic rings. The zero-order valence-corrected chi connectivity index (χ0v) is 10.6. The van der Waals surface area contributed by atoms with Crippen LogP contribution in [-0.2, 0) is 19.1 Å². The number of hydrogen-bond donors (Lipinski definition) is 1. The van der Waals surface area contributed by atoms with Crippen LogP contribution >= 0.6 is 0 Å². The Morgan fingerprint density at radius 2 is 1.83 bits per heavy atom. The van der Waals surface area contributed by atoms with Crippen molar-refractivity contribution in [2.45, 2.75) is 12.5 Å². The molecular weight excluding hydrogens is 242 g/mol. The van der Waals surface area contributed by atoms with Crippen molar-refractivity contribution >= 4 is 17.9 Å². The molecule has 0 rings (SSSR count). The van der Waals surface area contributed by atoms with E-state index in [1.165, 1.54) is 0 Å². The number of rotatable bonds is 7. The van der Waals surface area contributed by atoms with Gasteiger partial charge in [-0.25, -0.2) is 9.59 Å². The van der Waals surface area contributed by atoms with Crippen molar-refractivity contribution in [3.8, 4) is 0 Å². The molecule has 0 saturated heterocycles. The average molecular weight is 259 g/mol. The summed E-state index contributed by atoms with van der Waals surface area (Å²) >= 11 is 0. The molecular formula is C11H17NO6. The third-order valence-electron chi connectivity index (χ3n) is 1.79. The van der Waals surface area contributed by atoms with E-state index < -0.39 is 30.4 Å². The molecule has 0 amide bonds. The summed E-state index contributed by atoms with van der Waals surface area (Å²) in [5, 5.41) is 18.8. The van der Waals surface area contributed by atoms with Crippen molar-refractivity contribution in [3.63, 3.8) is 0 Å². The first-order valence-corrected chi connectivity index (χ1v) is 5.22. The van der Waals surface area contributed by atoms with Crippen molar-refractivity contribution in [1.82, 2.24) is 0 Å². The van der Waals surface area contributed by atoms with Gasteiger partial charge in [0.15, 0.2) is 6.10 Å². The van der Waals surface area contributed by atoms with E-state index in [2.05, 4.69) is 0 Å². The molecule has 0 aromatic heterocycles. The van der Waals surface area contributed by atoms with E-state index >= 15 is 0 Å². The number of carboxylic acids is 2. The van der Waals surface area contributed by atoms with Crippen molar-refractivity contribution in [2.75, 3.05) is 27.7 Å². The van der Waals surface area contributed by atoms with Gasteiger partial charge < -0.3 is 24.2 Å². The summed E-state index contributed by atoms with van der Waals surface area (Å²) in [4.78, 5) is 31.9. The summed E-state index contributed by atoms with van der Waals surface area (Å²) in [6, 6.07) is 0. The fraction of sp³-hybridized carbons (Fsp3) is 0.545. The van der Waals surface area contributed by atoms with Gasteiger partial charge in [0, 0.05) is 24.5 Å². The van der Waals surface area contributed by atoms with Gasteiger partial charge in [0.25, 0.3) is 0 Å². The summed E-state index contributed by atoms with van der Waals surface area (Å²) < 4.78 is 5.26. The largest absolute Gasteiger partial charge is 0.550 e. The number of aliphatic carboxylic acids is 2. The summed E-state index contributed by atoms with van der Waals surface area (Å²) in [5.74, 6) is -3.50. The SMILES string of the molecule is C[N+](C)(C)C[C@H](CC(=O)[O-])OC(=O)/C=C/C(=O)O. The number of quaternary nitrogens is 1. The number of carboxylic acid groups (broad SMARTS) is 2. The highest BCUT2D eigenvalue weighted by Crippen LogP contribution is 2.05. The molecule has 0 spiro atoms. The Hall–Kier alpha value is -1.89. The maximum atomic E-state index is 11.2. The van der Waals surface area contributed by atoms with Crippen molar-refractivity contribution in [1.29, 1.82) is 0 Å². The van der Waals surface area contributed by atoms with E-state index in [9.17, 15) is 19.5 Å². The van der Waals surface area contributed by atoms with Crippen molar-refractivity contribution in [3.05, 3.63) is 12.2 Å².